The molecule has 174 valence electrons. The van der Waals surface area contributed by atoms with E-state index in [4.69, 9.17) is 5.26 Å². The van der Waals surface area contributed by atoms with Crippen LogP contribution in [0.1, 0.15) is 28.8 Å². The molecular weight excluding hydrogens is 444 g/mol. The zero-order valence-electron chi connectivity index (χ0n) is 18.1. The Kier molecular flexibility index (Phi) is 7.15. The molecule has 0 aromatic heterocycles. The van der Waals surface area contributed by atoms with Crippen LogP contribution in [0.2, 0.25) is 0 Å². The molecule has 0 bridgehead atoms. The lowest BCUT2D eigenvalue weighted by atomic mass is 10.0. The minimum absolute atomic E-state index is 0.0324. The molecule has 3 aliphatic rings. The predicted octanol–water partition coefficient (Wildman–Crippen LogP) is -0.731. The van der Waals surface area contributed by atoms with Gasteiger partial charge in [-0.05, 0) is 37.1 Å². The smallest absolute Gasteiger partial charge is 0.253 e. The van der Waals surface area contributed by atoms with E-state index in [1.807, 2.05) is 6.07 Å². The van der Waals surface area contributed by atoms with E-state index < -0.39 is 18.0 Å². The molecule has 1 aromatic rings. The molecule has 4 amide bonds. The summed E-state index contributed by atoms with van der Waals surface area (Å²) in [4.78, 5) is 54.7. The van der Waals surface area contributed by atoms with Crippen molar-refractivity contribution in [3.63, 3.8) is 0 Å². The van der Waals surface area contributed by atoms with Gasteiger partial charge in [0, 0.05) is 36.8 Å². The van der Waals surface area contributed by atoms with E-state index in [1.54, 1.807) is 40.9 Å². The highest BCUT2D eigenvalue weighted by Gasteiger charge is 2.41. The number of thioether (sulfide) groups is 1. The van der Waals surface area contributed by atoms with Crippen LogP contribution in [0.3, 0.4) is 0 Å². The zero-order valence-corrected chi connectivity index (χ0v) is 18.9. The lowest BCUT2D eigenvalue weighted by Crippen LogP contribution is -2.65. The number of amides is 4. The summed E-state index contributed by atoms with van der Waals surface area (Å²) in [6.45, 7) is 1.12. The number of nitrogens with zero attached hydrogens (tertiary/aromatic N) is 3. The molecule has 0 unspecified atom stereocenters. The molecule has 10 nitrogen and oxygen atoms in total. The van der Waals surface area contributed by atoms with E-state index in [2.05, 4.69) is 16.0 Å². The summed E-state index contributed by atoms with van der Waals surface area (Å²) in [5.41, 5.74) is 0.861. The Morgan fingerprint density at radius 3 is 2.64 bits per heavy atom. The van der Waals surface area contributed by atoms with Crippen LogP contribution in [0, 0.1) is 11.3 Å². The maximum atomic E-state index is 13.2. The number of carbonyl (C=O) groups excluding carboxylic acids is 4. The lowest BCUT2D eigenvalue weighted by Gasteiger charge is -2.42. The normalized spacial score (nSPS) is 25.2. The van der Waals surface area contributed by atoms with Crippen LogP contribution in [0.5, 0.6) is 0 Å². The Labute approximate surface area is 196 Å². The molecule has 4 rings (SSSR count). The molecule has 3 N–H and O–H groups in total. The number of rotatable bonds is 4. The van der Waals surface area contributed by atoms with E-state index in [9.17, 15) is 19.2 Å². The van der Waals surface area contributed by atoms with Crippen LogP contribution < -0.4 is 16.0 Å². The number of hydrogen-bond acceptors (Lipinski definition) is 7. The van der Waals surface area contributed by atoms with Gasteiger partial charge >= 0.3 is 0 Å². The Bertz CT molecular complexity index is 972. The van der Waals surface area contributed by atoms with Gasteiger partial charge in [-0.15, -0.1) is 11.8 Å². The highest BCUT2D eigenvalue weighted by atomic mass is 32.2. The predicted molar refractivity (Wildman–Crippen MR) is 121 cm³/mol. The summed E-state index contributed by atoms with van der Waals surface area (Å²) in [5.74, 6) is 0.194. The molecule has 3 fully saturated rings. The highest BCUT2D eigenvalue weighted by molar-refractivity contribution is 7.99. The standard InChI is InChI=1S/C22H26N6O4S/c23-10-14-3-5-15(6-4-14)21(31)27-8-9-28(22(32)17-12-33-13-25-17)18(11-27)20(30)26-16-2-1-7-24-19(16)29/h3-6,16-18,25H,1-2,7-9,11-13H2,(H,24,29)(H,26,30)/t16-,17-,18-/m0/s1. The van der Waals surface area contributed by atoms with Gasteiger partial charge < -0.3 is 20.4 Å². The summed E-state index contributed by atoms with van der Waals surface area (Å²) in [6.07, 6.45) is 1.30. The Balaban J connectivity index is 1.51. The van der Waals surface area contributed by atoms with Crippen molar-refractivity contribution in [1.29, 1.82) is 5.26 Å². The molecule has 3 aliphatic heterocycles. The van der Waals surface area contributed by atoms with Gasteiger partial charge in [-0.3, -0.25) is 24.5 Å². The van der Waals surface area contributed by atoms with Crippen LogP contribution in [0.25, 0.3) is 0 Å². The van der Waals surface area contributed by atoms with Crippen molar-refractivity contribution in [2.24, 2.45) is 0 Å². The average molecular weight is 471 g/mol. The molecule has 11 heteroatoms. The Hall–Kier alpha value is -3.10. The van der Waals surface area contributed by atoms with Crippen molar-refractivity contribution in [3.8, 4) is 6.07 Å². The minimum Gasteiger partial charge on any atom is -0.354 e. The van der Waals surface area contributed by atoms with Crippen molar-refractivity contribution in [1.82, 2.24) is 25.8 Å². The van der Waals surface area contributed by atoms with Crippen molar-refractivity contribution in [2.75, 3.05) is 37.8 Å². The van der Waals surface area contributed by atoms with E-state index in [0.29, 0.717) is 35.7 Å². The second kappa shape index (κ2) is 10.2. The molecule has 3 heterocycles. The van der Waals surface area contributed by atoms with Gasteiger partial charge in [-0.2, -0.15) is 5.26 Å². The number of piperazine rings is 1. The molecule has 0 radical (unpaired) electrons. The molecule has 0 saturated carbocycles. The monoisotopic (exact) mass is 470 g/mol. The van der Waals surface area contributed by atoms with Crippen molar-refractivity contribution >= 4 is 35.4 Å². The number of hydrogen-bond donors (Lipinski definition) is 3. The third-order valence-electron chi connectivity index (χ3n) is 6.13. The summed E-state index contributed by atoms with van der Waals surface area (Å²) in [7, 11) is 0. The lowest BCUT2D eigenvalue weighted by molar-refractivity contribution is -0.145. The van der Waals surface area contributed by atoms with Gasteiger partial charge in [0.25, 0.3) is 5.91 Å². The fourth-order valence-corrected chi connectivity index (χ4v) is 5.19. The maximum Gasteiger partial charge on any atom is 0.253 e. The summed E-state index contributed by atoms with van der Waals surface area (Å²) in [6, 6.07) is 6.42. The first-order chi connectivity index (χ1) is 16.0. The van der Waals surface area contributed by atoms with Crippen molar-refractivity contribution < 1.29 is 19.2 Å². The largest absolute Gasteiger partial charge is 0.354 e. The number of nitrogens with one attached hydrogen (secondary N) is 3. The summed E-state index contributed by atoms with van der Waals surface area (Å²) in [5, 5.41) is 17.6. The van der Waals surface area contributed by atoms with Gasteiger partial charge in [0.2, 0.25) is 17.7 Å². The Morgan fingerprint density at radius 2 is 1.97 bits per heavy atom. The van der Waals surface area contributed by atoms with Crippen molar-refractivity contribution in [3.05, 3.63) is 35.4 Å². The zero-order chi connectivity index (χ0) is 23.4. The molecule has 3 saturated heterocycles. The van der Waals surface area contributed by atoms with Gasteiger partial charge in [0.05, 0.1) is 24.2 Å². The molecule has 0 aliphatic carbocycles. The van der Waals surface area contributed by atoms with Crippen LogP contribution in [-0.4, -0.2) is 89.4 Å². The van der Waals surface area contributed by atoms with Crippen LogP contribution in [0.4, 0.5) is 0 Å². The minimum atomic E-state index is -0.893. The molecule has 33 heavy (non-hydrogen) atoms. The third-order valence-corrected chi connectivity index (χ3v) is 7.07. The highest BCUT2D eigenvalue weighted by Crippen LogP contribution is 2.19. The third kappa shape index (κ3) is 5.12. The van der Waals surface area contributed by atoms with Gasteiger partial charge in [0.1, 0.15) is 12.1 Å². The molecule has 0 spiro atoms. The number of nitriles is 1. The fraction of sp³-hybridized carbons (Fsp3) is 0.500. The number of benzene rings is 1. The Morgan fingerprint density at radius 1 is 1.18 bits per heavy atom. The quantitative estimate of drug-likeness (QED) is 0.528. The van der Waals surface area contributed by atoms with Crippen molar-refractivity contribution in [2.45, 2.75) is 31.0 Å². The van der Waals surface area contributed by atoms with Crippen LogP contribution >= 0.6 is 11.8 Å². The van der Waals surface area contributed by atoms with E-state index in [1.165, 1.54) is 4.90 Å². The van der Waals surface area contributed by atoms with Crippen LogP contribution in [0.15, 0.2) is 24.3 Å². The van der Waals surface area contributed by atoms with E-state index in [0.717, 1.165) is 6.42 Å². The van der Waals surface area contributed by atoms with Gasteiger partial charge in [-0.1, -0.05) is 0 Å². The number of carbonyl (C=O) groups is 4. The molecule has 1 aromatic carbocycles. The molecule has 3 atom stereocenters. The maximum absolute atomic E-state index is 13.2. The topological polar surface area (TPSA) is 135 Å². The number of piperidine rings is 1. The fourth-order valence-electron chi connectivity index (χ4n) is 4.26. The molecular formula is C22H26N6O4S. The summed E-state index contributed by atoms with van der Waals surface area (Å²) < 4.78 is 0. The first-order valence-corrected chi connectivity index (χ1v) is 12.1. The summed E-state index contributed by atoms with van der Waals surface area (Å²) >= 11 is 1.62. The average Bonchev–Trinajstić information content (AvgIpc) is 3.39. The van der Waals surface area contributed by atoms with Gasteiger partial charge in [0.15, 0.2) is 0 Å². The van der Waals surface area contributed by atoms with Crippen LogP contribution in [-0.2, 0) is 14.4 Å². The van der Waals surface area contributed by atoms with E-state index in [-0.39, 0.29) is 43.4 Å². The van der Waals surface area contributed by atoms with E-state index >= 15 is 0 Å². The van der Waals surface area contributed by atoms with Gasteiger partial charge in [-0.25, -0.2) is 0 Å². The second-order valence-corrected chi connectivity index (χ2v) is 9.28. The SMILES string of the molecule is N#Cc1ccc(C(=O)N2CCN(C(=O)[C@@H]3CSCN3)[C@H](C(=O)N[C@H]3CCCNC3=O)C2)cc1. The second-order valence-electron chi connectivity index (χ2n) is 8.25. The first-order valence-electron chi connectivity index (χ1n) is 11.0. The first kappa shape index (κ1) is 23.1.